The molecule has 0 bridgehead atoms. The lowest BCUT2D eigenvalue weighted by molar-refractivity contribution is 0.112. The van der Waals surface area contributed by atoms with E-state index in [0.717, 1.165) is 12.4 Å². The Kier molecular flexibility index (Phi) is 8.17. The van der Waals surface area contributed by atoms with Gasteiger partial charge >= 0.3 is 0 Å². The molecular weight excluding hydrogens is 467 g/mol. The van der Waals surface area contributed by atoms with Crippen molar-refractivity contribution in [3.63, 3.8) is 0 Å². The minimum Gasteiger partial charge on any atom is -0.489 e. The Hall–Kier alpha value is -2.74. The maximum Gasteiger partial charge on any atom is 0.153 e. The molecule has 0 aromatic heterocycles. The fourth-order valence-corrected chi connectivity index (χ4v) is 7.96. The van der Waals surface area contributed by atoms with Gasteiger partial charge in [0.25, 0.3) is 0 Å². The standard InChI is InChI=1S/C27H24O2P.BrH/c28-22-23-12-10-11-19-27(23)29-20-21-30(24-13-4-1-5-14-24,25-15-6-2-7-16-25)26-17-8-3-9-18-26;/h1-19,22H,20-21H2;1H/q+1;. The van der Waals surface area contributed by atoms with Crippen molar-refractivity contribution in [3.8, 4) is 5.75 Å². The van der Waals surface area contributed by atoms with Gasteiger partial charge < -0.3 is 4.74 Å². The number of carbonyl (C=O) groups excluding carboxylic acids is 1. The van der Waals surface area contributed by atoms with E-state index in [1.165, 1.54) is 15.9 Å². The van der Waals surface area contributed by atoms with Crippen LogP contribution in [0.4, 0.5) is 0 Å². The summed E-state index contributed by atoms with van der Waals surface area (Å²) >= 11 is 0. The molecule has 0 atom stereocenters. The van der Waals surface area contributed by atoms with Gasteiger partial charge in [-0.1, -0.05) is 66.7 Å². The highest BCUT2D eigenvalue weighted by molar-refractivity contribution is 8.93. The van der Waals surface area contributed by atoms with Crippen molar-refractivity contribution in [2.24, 2.45) is 0 Å². The molecule has 0 aliphatic rings. The van der Waals surface area contributed by atoms with Gasteiger partial charge in [-0.25, -0.2) is 0 Å². The number of rotatable bonds is 8. The first kappa shape index (κ1) is 22.9. The van der Waals surface area contributed by atoms with E-state index < -0.39 is 7.26 Å². The molecule has 0 radical (unpaired) electrons. The summed E-state index contributed by atoms with van der Waals surface area (Å²) in [6.07, 6.45) is 1.70. The number of aldehydes is 1. The number of carbonyl (C=O) groups is 1. The molecule has 0 saturated carbocycles. The Labute approximate surface area is 195 Å². The molecule has 4 rings (SSSR count). The van der Waals surface area contributed by atoms with E-state index in [-0.39, 0.29) is 17.0 Å². The zero-order valence-electron chi connectivity index (χ0n) is 17.1. The lowest BCUT2D eigenvalue weighted by atomic mass is 10.2. The highest BCUT2D eigenvalue weighted by atomic mass is 79.9. The van der Waals surface area contributed by atoms with Crippen molar-refractivity contribution >= 4 is 46.4 Å². The first-order valence-corrected chi connectivity index (χ1v) is 12.0. The van der Waals surface area contributed by atoms with Gasteiger partial charge in [-0.3, -0.25) is 4.79 Å². The highest BCUT2D eigenvalue weighted by Gasteiger charge is 2.45. The number of benzene rings is 4. The molecule has 4 aromatic rings. The van der Waals surface area contributed by atoms with E-state index in [4.69, 9.17) is 4.74 Å². The van der Waals surface area contributed by atoms with Gasteiger partial charge in [0.05, 0.1) is 5.56 Å². The van der Waals surface area contributed by atoms with Crippen LogP contribution in [-0.4, -0.2) is 19.1 Å². The third-order valence-electron chi connectivity index (χ3n) is 5.32. The maximum atomic E-state index is 11.4. The smallest absolute Gasteiger partial charge is 0.153 e. The van der Waals surface area contributed by atoms with E-state index in [0.29, 0.717) is 17.9 Å². The molecule has 2 nitrogen and oxygen atoms in total. The van der Waals surface area contributed by atoms with Crippen LogP contribution in [0.3, 0.4) is 0 Å². The van der Waals surface area contributed by atoms with E-state index in [9.17, 15) is 4.79 Å². The predicted octanol–water partition coefficient (Wildman–Crippen LogP) is 5.45. The molecular formula is C27H25BrO2P+. The van der Waals surface area contributed by atoms with Crippen LogP contribution in [0.5, 0.6) is 5.75 Å². The first-order chi connectivity index (χ1) is 14.8. The van der Waals surface area contributed by atoms with Crippen molar-refractivity contribution in [1.82, 2.24) is 0 Å². The lowest BCUT2D eigenvalue weighted by Gasteiger charge is -2.27. The van der Waals surface area contributed by atoms with Crippen molar-refractivity contribution in [2.75, 3.05) is 12.8 Å². The van der Waals surface area contributed by atoms with Crippen LogP contribution in [-0.2, 0) is 0 Å². The Morgan fingerprint density at radius 1 is 0.613 bits per heavy atom. The zero-order chi connectivity index (χ0) is 20.7. The molecule has 0 heterocycles. The second kappa shape index (κ2) is 11.0. The van der Waals surface area contributed by atoms with Gasteiger partial charge in [0, 0.05) is 0 Å². The molecule has 0 amide bonds. The molecule has 156 valence electrons. The summed E-state index contributed by atoms with van der Waals surface area (Å²) in [5.74, 6) is 0.639. The molecule has 4 heteroatoms. The molecule has 0 aliphatic carbocycles. The number of ether oxygens (including phenoxy) is 1. The van der Waals surface area contributed by atoms with Gasteiger partial charge in [-0.05, 0) is 48.5 Å². The third-order valence-corrected chi connectivity index (χ3v) is 9.71. The summed E-state index contributed by atoms with van der Waals surface area (Å²) in [4.78, 5) is 11.4. The number of hydrogen-bond acceptors (Lipinski definition) is 2. The van der Waals surface area contributed by atoms with Crippen molar-refractivity contribution in [2.45, 2.75) is 0 Å². The largest absolute Gasteiger partial charge is 0.489 e. The fourth-order valence-electron chi connectivity index (χ4n) is 3.88. The first-order valence-electron chi connectivity index (χ1n) is 10.1. The quantitative estimate of drug-likeness (QED) is 0.242. The molecule has 4 aromatic carbocycles. The number of halogens is 1. The zero-order valence-corrected chi connectivity index (χ0v) is 19.7. The van der Waals surface area contributed by atoms with Crippen molar-refractivity contribution in [3.05, 3.63) is 121 Å². The highest BCUT2D eigenvalue weighted by Crippen LogP contribution is 2.54. The monoisotopic (exact) mass is 491 g/mol. The average Bonchev–Trinajstić information content (AvgIpc) is 2.84. The Morgan fingerprint density at radius 3 is 1.48 bits per heavy atom. The van der Waals surface area contributed by atoms with E-state index in [2.05, 4.69) is 91.0 Å². The summed E-state index contributed by atoms with van der Waals surface area (Å²) in [6, 6.07) is 39.6. The summed E-state index contributed by atoms with van der Waals surface area (Å²) in [6.45, 7) is 0.525. The summed E-state index contributed by atoms with van der Waals surface area (Å²) in [7, 11) is -1.93. The molecule has 0 spiro atoms. The average molecular weight is 492 g/mol. The lowest BCUT2D eigenvalue weighted by Crippen LogP contribution is -2.35. The third kappa shape index (κ3) is 4.95. The topological polar surface area (TPSA) is 26.3 Å². The Bertz CT molecular complexity index is 989. The molecule has 31 heavy (non-hydrogen) atoms. The van der Waals surface area contributed by atoms with Crippen LogP contribution in [0.25, 0.3) is 0 Å². The molecule has 0 fully saturated rings. The predicted molar refractivity (Wildman–Crippen MR) is 138 cm³/mol. The molecule has 0 saturated heterocycles. The summed E-state index contributed by atoms with van der Waals surface area (Å²) < 4.78 is 6.14. The van der Waals surface area contributed by atoms with Crippen molar-refractivity contribution < 1.29 is 9.53 Å². The van der Waals surface area contributed by atoms with Crippen LogP contribution in [0.2, 0.25) is 0 Å². The van der Waals surface area contributed by atoms with Gasteiger partial charge in [-0.15, -0.1) is 17.0 Å². The second-order valence-electron chi connectivity index (χ2n) is 7.04. The summed E-state index contributed by atoms with van der Waals surface area (Å²) in [5, 5.41) is 3.99. The second-order valence-corrected chi connectivity index (χ2v) is 10.7. The summed E-state index contributed by atoms with van der Waals surface area (Å²) in [5.41, 5.74) is 0.584. The number of para-hydroxylation sites is 1. The van der Waals surface area contributed by atoms with E-state index in [1.54, 1.807) is 6.07 Å². The van der Waals surface area contributed by atoms with Crippen LogP contribution >= 0.6 is 24.2 Å². The van der Waals surface area contributed by atoms with Gasteiger partial charge in [0.2, 0.25) is 0 Å². The molecule has 0 aliphatic heterocycles. The van der Waals surface area contributed by atoms with Crippen LogP contribution in [0.15, 0.2) is 115 Å². The van der Waals surface area contributed by atoms with Gasteiger partial charge in [-0.2, -0.15) is 0 Å². The molecule has 0 unspecified atom stereocenters. The maximum absolute atomic E-state index is 11.4. The van der Waals surface area contributed by atoms with Crippen LogP contribution < -0.4 is 20.7 Å². The number of hydrogen-bond donors (Lipinski definition) is 0. The van der Waals surface area contributed by atoms with Gasteiger partial charge in [0.15, 0.2) is 6.29 Å². The molecule has 0 N–H and O–H groups in total. The normalized spacial score (nSPS) is 10.7. The van der Waals surface area contributed by atoms with Crippen LogP contribution in [0.1, 0.15) is 10.4 Å². The van der Waals surface area contributed by atoms with E-state index in [1.807, 2.05) is 18.2 Å². The van der Waals surface area contributed by atoms with E-state index >= 15 is 0 Å². The Morgan fingerprint density at radius 2 is 1.03 bits per heavy atom. The minimum absolute atomic E-state index is 0. The SMILES string of the molecule is Br.O=Cc1ccccc1OCC[P+](c1ccccc1)(c1ccccc1)c1ccccc1. The van der Waals surface area contributed by atoms with Crippen molar-refractivity contribution in [1.29, 1.82) is 0 Å². The fraction of sp³-hybridized carbons (Fsp3) is 0.0741. The van der Waals surface area contributed by atoms with Gasteiger partial charge in [0.1, 0.15) is 41.7 Å². The van der Waals surface area contributed by atoms with Crippen LogP contribution in [0, 0.1) is 0 Å². The minimum atomic E-state index is -1.93. The Balaban J connectivity index is 0.00000272.